The van der Waals surface area contributed by atoms with Gasteiger partial charge in [-0.15, -0.1) is 0 Å². The van der Waals surface area contributed by atoms with Gasteiger partial charge in [0.1, 0.15) is 5.82 Å². The summed E-state index contributed by atoms with van der Waals surface area (Å²) in [6, 6.07) is 8.19. The summed E-state index contributed by atoms with van der Waals surface area (Å²) in [5.74, 6) is 0.778. The number of benzene rings is 1. The van der Waals surface area contributed by atoms with E-state index in [1.165, 1.54) is 12.8 Å². The minimum atomic E-state index is -0.279. The lowest BCUT2D eigenvalue weighted by molar-refractivity contribution is 0.234. The van der Waals surface area contributed by atoms with Crippen LogP contribution in [0.2, 0.25) is 0 Å². The highest BCUT2D eigenvalue weighted by atomic mass is 16.4. The van der Waals surface area contributed by atoms with E-state index in [9.17, 15) is 4.79 Å². The van der Waals surface area contributed by atoms with E-state index in [0.717, 1.165) is 24.4 Å². The van der Waals surface area contributed by atoms with Crippen LogP contribution in [0.4, 0.5) is 0 Å². The fourth-order valence-electron chi connectivity index (χ4n) is 3.02. The fourth-order valence-corrected chi connectivity index (χ4v) is 3.02. The number of aromatic nitrogens is 3. The average molecular weight is 312 g/mol. The smallest absolute Gasteiger partial charge is 0.408 e. The molecule has 0 unspecified atom stereocenters. The summed E-state index contributed by atoms with van der Waals surface area (Å²) in [5.41, 5.74) is 1.52. The zero-order valence-electron chi connectivity index (χ0n) is 13.2. The van der Waals surface area contributed by atoms with Crippen LogP contribution >= 0.6 is 0 Å². The molecule has 0 saturated heterocycles. The average Bonchev–Trinajstić information content (AvgIpc) is 3.24. The third kappa shape index (κ3) is 2.82. The van der Waals surface area contributed by atoms with Crippen molar-refractivity contribution >= 4 is 11.1 Å². The van der Waals surface area contributed by atoms with Gasteiger partial charge in [0, 0.05) is 38.6 Å². The zero-order valence-corrected chi connectivity index (χ0v) is 13.2. The van der Waals surface area contributed by atoms with Crippen molar-refractivity contribution in [3.05, 3.63) is 53.0 Å². The van der Waals surface area contributed by atoms with Crippen molar-refractivity contribution in [2.45, 2.75) is 32.0 Å². The summed E-state index contributed by atoms with van der Waals surface area (Å²) >= 11 is 0. The quantitative estimate of drug-likeness (QED) is 0.698. The van der Waals surface area contributed by atoms with Crippen molar-refractivity contribution in [3.8, 4) is 0 Å². The molecule has 0 N–H and O–H groups in total. The molecule has 0 amide bonds. The fraction of sp³-hybridized carbons (Fsp3) is 0.412. The highest BCUT2D eigenvalue weighted by Gasteiger charge is 2.29. The predicted molar refractivity (Wildman–Crippen MR) is 87.1 cm³/mol. The van der Waals surface area contributed by atoms with E-state index in [0.29, 0.717) is 18.2 Å². The molecule has 0 aliphatic heterocycles. The van der Waals surface area contributed by atoms with Gasteiger partial charge in [-0.2, -0.15) is 0 Å². The van der Waals surface area contributed by atoms with Gasteiger partial charge in [-0.05, 0) is 25.0 Å². The lowest BCUT2D eigenvalue weighted by Gasteiger charge is -2.21. The van der Waals surface area contributed by atoms with Crippen LogP contribution in [-0.4, -0.2) is 31.6 Å². The molecule has 4 rings (SSSR count). The molecule has 1 saturated carbocycles. The van der Waals surface area contributed by atoms with Crippen molar-refractivity contribution in [1.29, 1.82) is 0 Å². The van der Waals surface area contributed by atoms with Crippen LogP contribution in [0.25, 0.3) is 11.1 Å². The predicted octanol–water partition coefficient (Wildman–Crippen LogP) is 1.99. The van der Waals surface area contributed by atoms with E-state index in [-0.39, 0.29) is 5.76 Å². The number of hydrogen-bond donors (Lipinski definition) is 0. The number of imidazole rings is 1. The third-order valence-corrected chi connectivity index (χ3v) is 4.51. The summed E-state index contributed by atoms with van der Waals surface area (Å²) in [5, 5.41) is 0. The minimum Gasteiger partial charge on any atom is -0.408 e. The maximum atomic E-state index is 12.1. The monoisotopic (exact) mass is 312 g/mol. The summed E-state index contributed by atoms with van der Waals surface area (Å²) in [6.07, 6.45) is 6.25. The zero-order chi connectivity index (χ0) is 15.8. The Bertz CT molecular complexity index is 872. The normalized spacial score (nSPS) is 14.9. The summed E-state index contributed by atoms with van der Waals surface area (Å²) in [4.78, 5) is 18.9. The van der Waals surface area contributed by atoms with Crippen LogP contribution in [0.15, 0.2) is 45.9 Å². The highest BCUT2D eigenvalue weighted by molar-refractivity contribution is 5.72. The highest BCUT2D eigenvalue weighted by Crippen LogP contribution is 2.28. The standard InChI is InChI=1S/C17H20N4O2/c1-19-9-8-18-16(19)12-20(13-6-7-13)10-11-21-14-4-2-3-5-15(14)23-17(21)22/h2-5,8-9,13H,6-7,10-12H2,1H3. The van der Waals surface area contributed by atoms with Gasteiger partial charge in [0.05, 0.1) is 12.1 Å². The number of oxazole rings is 1. The Morgan fingerprint density at radius 1 is 1.35 bits per heavy atom. The molecule has 1 aliphatic rings. The van der Waals surface area contributed by atoms with Crippen molar-refractivity contribution < 1.29 is 4.42 Å². The van der Waals surface area contributed by atoms with Crippen LogP contribution in [0.1, 0.15) is 18.7 Å². The molecular weight excluding hydrogens is 292 g/mol. The Hall–Kier alpha value is -2.34. The molecule has 0 spiro atoms. The van der Waals surface area contributed by atoms with E-state index in [1.807, 2.05) is 43.7 Å². The molecule has 1 fully saturated rings. The first-order chi connectivity index (χ1) is 11.2. The number of aryl methyl sites for hydroxylation is 1. The lowest BCUT2D eigenvalue weighted by atomic mass is 10.3. The molecule has 0 atom stereocenters. The summed E-state index contributed by atoms with van der Waals surface area (Å²) < 4.78 is 9.08. The van der Waals surface area contributed by atoms with Crippen molar-refractivity contribution in [3.63, 3.8) is 0 Å². The van der Waals surface area contributed by atoms with Gasteiger partial charge in [-0.25, -0.2) is 9.78 Å². The molecule has 1 aliphatic carbocycles. The summed E-state index contributed by atoms with van der Waals surface area (Å²) in [6.45, 7) is 2.27. The van der Waals surface area contributed by atoms with Crippen molar-refractivity contribution in [2.75, 3.05) is 6.54 Å². The number of nitrogens with zero attached hydrogens (tertiary/aromatic N) is 4. The molecule has 0 radical (unpaired) electrons. The molecule has 3 aromatic rings. The van der Waals surface area contributed by atoms with Gasteiger partial charge in [-0.1, -0.05) is 12.1 Å². The van der Waals surface area contributed by atoms with Gasteiger partial charge in [0.15, 0.2) is 5.58 Å². The van der Waals surface area contributed by atoms with E-state index in [2.05, 4.69) is 14.5 Å². The first-order valence-electron chi connectivity index (χ1n) is 8.01. The van der Waals surface area contributed by atoms with Gasteiger partial charge in [-0.3, -0.25) is 9.47 Å². The number of fused-ring (bicyclic) bond motifs is 1. The van der Waals surface area contributed by atoms with Crippen molar-refractivity contribution in [1.82, 2.24) is 19.0 Å². The van der Waals surface area contributed by atoms with Crippen molar-refractivity contribution in [2.24, 2.45) is 7.05 Å². The molecule has 6 heteroatoms. The summed E-state index contributed by atoms with van der Waals surface area (Å²) in [7, 11) is 2.02. The SMILES string of the molecule is Cn1ccnc1CN(CCn1c(=O)oc2ccccc21)C1CC1. The van der Waals surface area contributed by atoms with Gasteiger partial charge < -0.3 is 8.98 Å². The number of hydrogen-bond acceptors (Lipinski definition) is 4. The first kappa shape index (κ1) is 14.3. The van der Waals surface area contributed by atoms with E-state index in [4.69, 9.17) is 4.42 Å². The Labute approximate surface area is 134 Å². The van der Waals surface area contributed by atoms with Gasteiger partial charge in [0.2, 0.25) is 0 Å². The second kappa shape index (κ2) is 5.70. The van der Waals surface area contributed by atoms with Crippen LogP contribution < -0.4 is 5.76 Å². The maximum Gasteiger partial charge on any atom is 0.419 e. The molecule has 2 aromatic heterocycles. The Morgan fingerprint density at radius 3 is 2.91 bits per heavy atom. The largest absolute Gasteiger partial charge is 0.419 e. The number of para-hydroxylation sites is 2. The molecule has 120 valence electrons. The van der Waals surface area contributed by atoms with Crippen LogP contribution in [0.5, 0.6) is 0 Å². The van der Waals surface area contributed by atoms with Crippen LogP contribution in [0.3, 0.4) is 0 Å². The Balaban J connectivity index is 1.52. The second-order valence-corrected chi connectivity index (χ2v) is 6.14. The minimum absolute atomic E-state index is 0.279. The van der Waals surface area contributed by atoms with Gasteiger partial charge >= 0.3 is 5.76 Å². The third-order valence-electron chi connectivity index (χ3n) is 4.51. The maximum absolute atomic E-state index is 12.1. The molecule has 6 nitrogen and oxygen atoms in total. The van der Waals surface area contributed by atoms with E-state index in [1.54, 1.807) is 4.57 Å². The number of rotatable bonds is 6. The lowest BCUT2D eigenvalue weighted by Crippen LogP contribution is -2.32. The van der Waals surface area contributed by atoms with E-state index < -0.39 is 0 Å². The first-order valence-corrected chi connectivity index (χ1v) is 8.01. The molecular formula is C17H20N4O2. The van der Waals surface area contributed by atoms with Crippen LogP contribution in [0, 0.1) is 0 Å². The van der Waals surface area contributed by atoms with Gasteiger partial charge in [0.25, 0.3) is 0 Å². The van der Waals surface area contributed by atoms with E-state index >= 15 is 0 Å². The molecule has 0 bridgehead atoms. The molecule has 23 heavy (non-hydrogen) atoms. The molecule has 2 heterocycles. The van der Waals surface area contributed by atoms with Crippen LogP contribution in [-0.2, 0) is 20.1 Å². The molecule has 1 aromatic carbocycles. The Morgan fingerprint density at radius 2 is 2.17 bits per heavy atom. The Kier molecular flexibility index (Phi) is 3.53. The second-order valence-electron chi connectivity index (χ2n) is 6.14. The topological polar surface area (TPSA) is 56.2 Å².